The number of rotatable bonds is 6. The Balaban J connectivity index is 1.41. The first-order chi connectivity index (χ1) is 16.5. The third-order valence-corrected chi connectivity index (χ3v) is 5.82. The Morgan fingerprint density at radius 1 is 1.00 bits per heavy atom. The van der Waals surface area contributed by atoms with Crippen LogP contribution in [0, 0.1) is 17.2 Å². The Hall–Kier alpha value is -4.38. The highest BCUT2D eigenvalue weighted by Crippen LogP contribution is 2.27. The van der Waals surface area contributed by atoms with E-state index in [1.54, 1.807) is 30.3 Å². The van der Waals surface area contributed by atoms with Crippen LogP contribution in [0.2, 0.25) is 0 Å². The van der Waals surface area contributed by atoms with Gasteiger partial charge in [0.1, 0.15) is 5.82 Å². The van der Waals surface area contributed by atoms with Crippen LogP contribution in [0.5, 0.6) is 0 Å². The molecule has 3 aromatic rings. The van der Waals surface area contributed by atoms with Crippen LogP contribution >= 0.6 is 0 Å². The predicted octanol–water partition coefficient (Wildman–Crippen LogP) is 4.96. The maximum Gasteiger partial charge on any atom is 0.323 e. The van der Waals surface area contributed by atoms with Crippen molar-refractivity contribution in [3.8, 4) is 17.3 Å². The van der Waals surface area contributed by atoms with E-state index in [2.05, 4.69) is 15.5 Å². The molecule has 0 bridgehead atoms. The van der Waals surface area contributed by atoms with Crippen molar-refractivity contribution >= 4 is 29.2 Å². The lowest BCUT2D eigenvalue weighted by Crippen LogP contribution is -2.34. The molecule has 0 aliphatic carbocycles. The molecule has 3 N–H and O–H groups in total. The van der Waals surface area contributed by atoms with Gasteiger partial charge in [0, 0.05) is 36.4 Å². The summed E-state index contributed by atoms with van der Waals surface area (Å²) in [5, 5.41) is 23.5. The molecule has 0 atom stereocenters. The van der Waals surface area contributed by atoms with Crippen molar-refractivity contribution in [2.75, 3.05) is 28.6 Å². The lowest BCUT2D eigenvalue weighted by molar-refractivity contribution is -0.138. The van der Waals surface area contributed by atoms with Crippen molar-refractivity contribution in [1.82, 2.24) is 4.98 Å². The molecule has 4 rings (SSSR count). The number of carboxylic acid groups (broad SMARTS) is 1. The molecule has 1 saturated heterocycles. The molecule has 172 valence electrons. The smallest absolute Gasteiger partial charge is 0.323 e. The molecule has 2 amide bonds. The van der Waals surface area contributed by atoms with Gasteiger partial charge in [-0.1, -0.05) is 18.2 Å². The molecule has 0 unspecified atom stereocenters. The summed E-state index contributed by atoms with van der Waals surface area (Å²) < 4.78 is 0. The molecule has 1 aliphatic rings. The zero-order valence-electron chi connectivity index (χ0n) is 18.6. The number of nitrogens with one attached hydrogen (secondary N) is 2. The Morgan fingerprint density at radius 3 is 2.41 bits per heavy atom. The Morgan fingerprint density at radius 2 is 1.71 bits per heavy atom. The number of carbonyl (C=O) groups excluding carboxylic acids is 1. The van der Waals surface area contributed by atoms with Gasteiger partial charge in [0.2, 0.25) is 0 Å². The summed E-state index contributed by atoms with van der Waals surface area (Å²) in [6.45, 7) is 1.57. The summed E-state index contributed by atoms with van der Waals surface area (Å²) in [6.07, 6.45) is 1.90. The summed E-state index contributed by atoms with van der Waals surface area (Å²) in [5.41, 5.74) is 3.41. The van der Waals surface area contributed by atoms with Crippen LogP contribution in [-0.4, -0.2) is 35.2 Å². The molecule has 0 radical (unpaired) electrons. The number of hydrogen-bond donors (Lipinski definition) is 3. The molecular formula is C26H25N5O3. The Labute approximate surface area is 197 Å². The maximum absolute atomic E-state index is 12.4. The number of amides is 2. The second kappa shape index (κ2) is 10.5. The van der Waals surface area contributed by atoms with Gasteiger partial charge in [0.15, 0.2) is 0 Å². The lowest BCUT2D eigenvalue weighted by Gasteiger charge is -2.32. The minimum Gasteiger partial charge on any atom is -0.481 e. The first-order valence-electron chi connectivity index (χ1n) is 11.1. The molecule has 2 aromatic carbocycles. The molecule has 8 heteroatoms. The van der Waals surface area contributed by atoms with Crippen molar-refractivity contribution in [3.05, 3.63) is 72.3 Å². The van der Waals surface area contributed by atoms with Gasteiger partial charge in [0.25, 0.3) is 0 Å². The number of aliphatic carboxylic acids is 1. The van der Waals surface area contributed by atoms with Gasteiger partial charge in [-0.2, -0.15) is 5.26 Å². The van der Waals surface area contributed by atoms with E-state index in [1.807, 2.05) is 42.5 Å². The van der Waals surface area contributed by atoms with Crippen LogP contribution < -0.4 is 15.5 Å². The molecule has 8 nitrogen and oxygen atoms in total. The predicted molar refractivity (Wildman–Crippen MR) is 131 cm³/mol. The summed E-state index contributed by atoms with van der Waals surface area (Å²) in [7, 11) is 0. The second-order valence-corrected chi connectivity index (χ2v) is 8.26. The van der Waals surface area contributed by atoms with Gasteiger partial charge in [-0.3, -0.25) is 4.79 Å². The fraction of sp³-hybridized carbons (Fsp3) is 0.231. The summed E-state index contributed by atoms with van der Waals surface area (Å²) in [6, 6.07) is 21.6. The minimum absolute atomic E-state index is 0.218. The number of anilines is 3. The van der Waals surface area contributed by atoms with Crippen molar-refractivity contribution < 1.29 is 14.7 Å². The van der Waals surface area contributed by atoms with Crippen molar-refractivity contribution in [1.29, 1.82) is 5.26 Å². The third kappa shape index (κ3) is 5.90. The summed E-state index contributed by atoms with van der Waals surface area (Å²) in [4.78, 5) is 30.4. The van der Waals surface area contributed by atoms with Gasteiger partial charge in [-0.05, 0) is 67.3 Å². The van der Waals surface area contributed by atoms with Crippen LogP contribution in [0.4, 0.5) is 22.0 Å². The maximum atomic E-state index is 12.4. The van der Waals surface area contributed by atoms with Gasteiger partial charge >= 0.3 is 12.0 Å². The SMILES string of the molecule is N#Cc1ccc(NC(=O)Nc2cccc(-c3cccc(N4CCC(CC(=O)O)CC4)n3)c2)cc1. The number of carbonyl (C=O) groups is 2. The van der Waals surface area contributed by atoms with Crippen LogP contribution in [0.1, 0.15) is 24.8 Å². The van der Waals surface area contributed by atoms with E-state index in [4.69, 9.17) is 15.4 Å². The summed E-state index contributed by atoms with van der Waals surface area (Å²) in [5.74, 6) is 0.343. The largest absolute Gasteiger partial charge is 0.481 e. The molecule has 0 saturated carbocycles. The van der Waals surface area contributed by atoms with Gasteiger partial charge in [-0.15, -0.1) is 0 Å². The van der Waals surface area contributed by atoms with E-state index in [0.29, 0.717) is 16.9 Å². The number of urea groups is 1. The lowest BCUT2D eigenvalue weighted by atomic mass is 9.93. The van der Waals surface area contributed by atoms with E-state index in [-0.39, 0.29) is 18.4 Å². The first-order valence-corrected chi connectivity index (χ1v) is 11.1. The van der Waals surface area contributed by atoms with E-state index in [0.717, 1.165) is 43.0 Å². The molecule has 1 fully saturated rings. The van der Waals surface area contributed by atoms with Gasteiger partial charge in [0.05, 0.1) is 17.3 Å². The van der Waals surface area contributed by atoms with E-state index >= 15 is 0 Å². The van der Waals surface area contributed by atoms with E-state index < -0.39 is 5.97 Å². The normalized spacial score (nSPS) is 13.7. The van der Waals surface area contributed by atoms with Crippen molar-refractivity contribution in [2.45, 2.75) is 19.3 Å². The van der Waals surface area contributed by atoms with E-state index in [1.165, 1.54) is 0 Å². The number of hydrogen-bond acceptors (Lipinski definition) is 5. The zero-order chi connectivity index (χ0) is 23.9. The molecular weight excluding hydrogens is 430 g/mol. The van der Waals surface area contributed by atoms with Gasteiger partial charge in [-0.25, -0.2) is 9.78 Å². The van der Waals surface area contributed by atoms with Crippen molar-refractivity contribution in [2.24, 2.45) is 5.92 Å². The first kappa shape index (κ1) is 22.8. The highest BCUT2D eigenvalue weighted by molar-refractivity contribution is 6.00. The molecule has 34 heavy (non-hydrogen) atoms. The van der Waals surface area contributed by atoms with Crippen LogP contribution in [0.3, 0.4) is 0 Å². The molecule has 1 aliphatic heterocycles. The Bertz CT molecular complexity index is 1210. The minimum atomic E-state index is -0.738. The van der Waals surface area contributed by atoms with Crippen molar-refractivity contribution in [3.63, 3.8) is 0 Å². The number of pyridine rings is 1. The number of benzene rings is 2. The van der Waals surface area contributed by atoms with Crippen LogP contribution in [-0.2, 0) is 4.79 Å². The number of nitrogens with zero attached hydrogens (tertiary/aromatic N) is 3. The van der Waals surface area contributed by atoms with Gasteiger partial charge < -0.3 is 20.6 Å². The second-order valence-electron chi connectivity index (χ2n) is 8.26. The standard InChI is InChI=1S/C26H25N5O3/c27-17-19-7-9-21(10-8-19)28-26(34)29-22-4-1-3-20(16-22)23-5-2-6-24(30-23)31-13-11-18(12-14-31)15-25(32)33/h1-10,16,18H,11-15H2,(H,32,33)(H2,28,29,34). The highest BCUT2D eigenvalue weighted by Gasteiger charge is 2.22. The average Bonchev–Trinajstić information content (AvgIpc) is 2.85. The topological polar surface area (TPSA) is 118 Å². The highest BCUT2D eigenvalue weighted by atomic mass is 16.4. The quantitative estimate of drug-likeness (QED) is 0.484. The fourth-order valence-corrected chi connectivity index (χ4v) is 4.05. The Kier molecular flexibility index (Phi) is 7.04. The molecule has 1 aromatic heterocycles. The van der Waals surface area contributed by atoms with E-state index in [9.17, 15) is 9.59 Å². The number of piperidine rings is 1. The molecule has 0 spiro atoms. The third-order valence-electron chi connectivity index (χ3n) is 5.82. The van der Waals surface area contributed by atoms with Crippen LogP contribution in [0.25, 0.3) is 11.3 Å². The van der Waals surface area contributed by atoms with Crippen LogP contribution in [0.15, 0.2) is 66.7 Å². The summed E-state index contributed by atoms with van der Waals surface area (Å²) >= 11 is 0. The zero-order valence-corrected chi connectivity index (χ0v) is 18.6. The number of carboxylic acids is 1. The fourth-order valence-electron chi connectivity index (χ4n) is 4.05. The number of nitriles is 1. The number of aromatic nitrogens is 1. The molecule has 2 heterocycles. The monoisotopic (exact) mass is 455 g/mol. The average molecular weight is 456 g/mol.